The summed E-state index contributed by atoms with van der Waals surface area (Å²) in [7, 11) is 4.65. The first-order chi connectivity index (χ1) is 17.4. The van der Waals surface area contributed by atoms with Gasteiger partial charge in [0.2, 0.25) is 0 Å². The lowest BCUT2D eigenvalue weighted by molar-refractivity contribution is -0.385. The van der Waals surface area contributed by atoms with E-state index >= 15 is 0 Å². The van der Waals surface area contributed by atoms with Gasteiger partial charge in [-0.05, 0) is 65.9 Å². The first kappa shape index (κ1) is 25.0. The standard InChI is InChI=1S/C27H29N3O6/c1-34-24-9-6-20(14-23(24)30(32)33)27(31)28-22-7-4-18(5-8-22)10-12-29-13-11-19-15-25(35-2)26(36-3)16-21(19)17-29/h4-9,14-16H,10-13,17H2,1-3H3,(H,28,31). The summed E-state index contributed by atoms with van der Waals surface area (Å²) in [6.07, 6.45) is 1.84. The van der Waals surface area contributed by atoms with Gasteiger partial charge in [-0.2, -0.15) is 0 Å². The number of methoxy groups -OCH3 is 3. The summed E-state index contributed by atoms with van der Waals surface area (Å²) in [4.78, 5) is 25.7. The third-order valence-corrected chi connectivity index (χ3v) is 6.36. The Kier molecular flexibility index (Phi) is 7.70. The highest BCUT2D eigenvalue weighted by atomic mass is 16.6. The molecule has 0 saturated carbocycles. The van der Waals surface area contributed by atoms with Crippen molar-refractivity contribution < 1.29 is 23.9 Å². The van der Waals surface area contributed by atoms with Crippen molar-refractivity contribution in [3.8, 4) is 17.2 Å². The fourth-order valence-electron chi connectivity index (χ4n) is 4.35. The first-order valence-corrected chi connectivity index (χ1v) is 11.6. The van der Waals surface area contributed by atoms with E-state index in [4.69, 9.17) is 14.2 Å². The summed E-state index contributed by atoms with van der Waals surface area (Å²) < 4.78 is 15.9. The summed E-state index contributed by atoms with van der Waals surface area (Å²) in [5.74, 6) is 1.20. The van der Waals surface area contributed by atoms with Gasteiger partial charge in [-0.25, -0.2) is 0 Å². The molecular formula is C27H29N3O6. The van der Waals surface area contributed by atoms with Crippen molar-refractivity contribution >= 4 is 17.3 Å². The smallest absolute Gasteiger partial charge is 0.311 e. The number of ether oxygens (including phenoxy) is 3. The average molecular weight is 492 g/mol. The van der Waals surface area contributed by atoms with E-state index in [9.17, 15) is 14.9 Å². The van der Waals surface area contributed by atoms with Gasteiger partial charge in [0, 0.05) is 37.0 Å². The van der Waals surface area contributed by atoms with Gasteiger partial charge < -0.3 is 19.5 Å². The van der Waals surface area contributed by atoms with Crippen molar-refractivity contribution in [3.63, 3.8) is 0 Å². The lowest BCUT2D eigenvalue weighted by Crippen LogP contribution is -2.32. The van der Waals surface area contributed by atoms with Crippen molar-refractivity contribution in [2.45, 2.75) is 19.4 Å². The third kappa shape index (κ3) is 5.58. The zero-order valence-corrected chi connectivity index (χ0v) is 20.6. The lowest BCUT2D eigenvalue weighted by atomic mass is 9.98. The molecule has 4 rings (SSSR count). The molecule has 0 radical (unpaired) electrons. The Morgan fingerprint density at radius 2 is 1.61 bits per heavy atom. The second kappa shape index (κ2) is 11.1. The highest BCUT2D eigenvalue weighted by molar-refractivity contribution is 6.04. The maximum atomic E-state index is 12.6. The van der Waals surface area contributed by atoms with Crippen LogP contribution in [0.3, 0.4) is 0 Å². The number of amides is 1. The molecule has 36 heavy (non-hydrogen) atoms. The number of hydrogen-bond donors (Lipinski definition) is 1. The molecule has 3 aromatic rings. The number of hydrogen-bond acceptors (Lipinski definition) is 7. The molecule has 3 aromatic carbocycles. The fraction of sp³-hybridized carbons (Fsp3) is 0.296. The molecule has 9 heteroatoms. The minimum Gasteiger partial charge on any atom is -0.493 e. The summed E-state index contributed by atoms with van der Waals surface area (Å²) in [6, 6.07) is 15.9. The monoisotopic (exact) mass is 491 g/mol. The van der Waals surface area contributed by atoms with Gasteiger partial charge in [0.15, 0.2) is 17.2 Å². The van der Waals surface area contributed by atoms with Crippen molar-refractivity contribution in [1.82, 2.24) is 4.90 Å². The summed E-state index contributed by atoms with van der Waals surface area (Å²) in [5.41, 5.74) is 4.27. The van der Waals surface area contributed by atoms with Gasteiger partial charge in [0.25, 0.3) is 5.91 Å². The molecule has 0 saturated heterocycles. The number of nitro groups is 1. The van der Waals surface area contributed by atoms with Crippen LogP contribution in [0, 0.1) is 10.1 Å². The minimum absolute atomic E-state index is 0.108. The van der Waals surface area contributed by atoms with Crippen LogP contribution < -0.4 is 19.5 Å². The molecule has 188 valence electrons. The van der Waals surface area contributed by atoms with E-state index in [2.05, 4.69) is 22.3 Å². The van der Waals surface area contributed by atoms with Gasteiger partial charge >= 0.3 is 5.69 Å². The summed E-state index contributed by atoms with van der Waals surface area (Å²) in [5, 5.41) is 14.0. The average Bonchev–Trinajstić information content (AvgIpc) is 2.91. The van der Waals surface area contributed by atoms with E-state index in [1.54, 1.807) is 14.2 Å². The van der Waals surface area contributed by atoms with Crippen molar-refractivity contribution in [3.05, 3.63) is 87.0 Å². The quantitative estimate of drug-likeness (QED) is 0.348. The molecule has 0 atom stereocenters. The van der Waals surface area contributed by atoms with Crippen molar-refractivity contribution in [2.75, 3.05) is 39.7 Å². The predicted molar refractivity (Wildman–Crippen MR) is 136 cm³/mol. The third-order valence-electron chi connectivity index (χ3n) is 6.36. The molecule has 0 fully saturated rings. The summed E-state index contributed by atoms with van der Waals surface area (Å²) in [6.45, 7) is 2.75. The number of carbonyl (C=O) groups is 1. The fourth-order valence-corrected chi connectivity index (χ4v) is 4.35. The molecule has 0 unspecified atom stereocenters. The molecule has 0 aromatic heterocycles. The minimum atomic E-state index is -0.571. The Morgan fingerprint density at radius 3 is 2.25 bits per heavy atom. The Hall–Kier alpha value is -4.11. The molecule has 1 N–H and O–H groups in total. The molecule has 1 aliphatic heterocycles. The number of fused-ring (bicyclic) bond motifs is 1. The Morgan fingerprint density at radius 1 is 0.944 bits per heavy atom. The molecule has 0 bridgehead atoms. The van der Waals surface area contributed by atoms with Crippen LogP contribution in [0.15, 0.2) is 54.6 Å². The highest BCUT2D eigenvalue weighted by Gasteiger charge is 2.20. The second-order valence-electron chi connectivity index (χ2n) is 8.55. The van der Waals surface area contributed by atoms with Crippen LogP contribution in [-0.4, -0.2) is 50.1 Å². The summed E-state index contributed by atoms with van der Waals surface area (Å²) >= 11 is 0. The molecule has 0 aliphatic carbocycles. The lowest BCUT2D eigenvalue weighted by Gasteiger charge is -2.29. The van der Waals surface area contributed by atoms with E-state index in [1.165, 1.54) is 36.4 Å². The number of carbonyl (C=O) groups excluding carboxylic acids is 1. The molecule has 1 aliphatic rings. The van der Waals surface area contributed by atoms with Crippen LogP contribution in [0.25, 0.3) is 0 Å². The Balaban J connectivity index is 1.34. The zero-order valence-electron chi connectivity index (χ0n) is 20.6. The Bertz CT molecular complexity index is 1260. The topological polar surface area (TPSA) is 103 Å². The molecule has 0 spiro atoms. The largest absolute Gasteiger partial charge is 0.493 e. The maximum Gasteiger partial charge on any atom is 0.311 e. The van der Waals surface area contributed by atoms with Crippen LogP contribution in [0.1, 0.15) is 27.0 Å². The number of rotatable bonds is 9. The number of nitrogens with one attached hydrogen (secondary N) is 1. The van der Waals surface area contributed by atoms with E-state index in [1.807, 2.05) is 24.3 Å². The molecule has 1 heterocycles. The van der Waals surface area contributed by atoms with Gasteiger partial charge in [0.05, 0.1) is 26.3 Å². The van der Waals surface area contributed by atoms with E-state index < -0.39 is 10.8 Å². The van der Waals surface area contributed by atoms with Gasteiger partial charge in [0.1, 0.15) is 0 Å². The van der Waals surface area contributed by atoms with Gasteiger partial charge in [-0.1, -0.05) is 12.1 Å². The van der Waals surface area contributed by atoms with E-state index in [0.717, 1.165) is 49.5 Å². The highest BCUT2D eigenvalue weighted by Crippen LogP contribution is 2.33. The van der Waals surface area contributed by atoms with Crippen molar-refractivity contribution in [2.24, 2.45) is 0 Å². The first-order valence-electron chi connectivity index (χ1n) is 11.6. The Labute approximate surface area is 209 Å². The predicted octanol–water partition coefficient (Wildman–Crippen LogP) is 4.47. The molecular weight excluding hydrogens is 462 g/mol. The van der Waals surface area contributed by atoms with Crippen LogP contribution in [0.2, 0.25) is 0 Å². The normalized spacial score (nSPS) is 13.0. The van der Waals surface area contributed by atoms with Crippen LogP contribution in [0.4, 0.5) is 11.4 Å². The number of nitro benzene ring substituents is 1. The second-order valence-corrected chi connectivity index (χ2v) is 8.55. The number of anilines is 1. The number of benzene rings is 3. The van der Waals surface area contributed by atoms with Crippen LogP contribution in [-0.2, 0) is 19.4 Å². The van der Waals surface area contributed by atoms with Crippen LogP contribution in [0.5, 0.6) is 17.2 Å². The van der Waals surface area contributed by atoms with Gasteiger partial charge in [-0.15, -0.1) is 0 Å². The molecule has 9 nitrogen and oxygen atoms in total. The zero-order chi connectivity index (χ0) is 25.7. The van der Waals surface area contributed by atoms with Crippen molar-refractivity contribution in [1.29, 1.82) is 0 Å². The maximum absolute atomic E-state index is 12.6. The molecule has 1 amide bonds. The van der Waals surface area contributed by atoms with Crippen LogP contribution >= 0.6 is 0 Å². The van der Waals surface area contributed by atoms with E-state index in [-0.39, 0.29) is 17.0 Å². The SMILES string of the molecule is COc1cc2c(cc1OC)CN(CCc1ccc(NC(=O)c3ccc(OC)c([N+](=O)[O-])c3)cc1)CC2. The van der Waals surface area contributed by atoms with Gasteiger partial charge in [-0.3, -0.25) is 19.8 Å². The number of nitrogens with zero attached hydrogens (tertiary/aromatic N) is 2. The van der Waals surface area contributed by atoms with E-state index in [0.29, 0.717) is 5.69 Å².